The molecule has 11 heteroatoms. The number of rotatable bonds is 2. The van der Waals surface area contributed by atoms with Crippen molar-refractivity contribution in [3.8, 4) is 0 Å². The predicted molar refractivity (Wildman–Crippen MR) is 113 cm³/mol. The van der Waals surface area contributed by atoms with Gasteiger partial charge in [-0.2, -0.15) is 5.10 Å². The molecule has 164 valence electrons. The molecule has 1 aliphatic heterocycles. The van der Waals surface area contributed by atoms with Gasteiger partial charge in [-0.05, 0) is 36.7 Å². The Morgan fingerprint density at radius 2 is 2.07 bits per heavy atom. The van der Waals surface area contributed by atoms with Gasteiger partial charge in [0, 0.05) is 32.1 Å². The number of benzene rings is 1. The molecule has 2 aromatic rings. The fraction of sp³-hybridized carbons (Fsp3) is 0.526. The van der Waals surface area contributed by atoms with Crippen LogP contribution in [0.3, 0.4) is 0 Å². The van der Waals surface area contributed by atoms with Crippen molar-refractivity contribution in [2.75, 3.05) is 26.2 Å². The molecular weight excluding hydrogens is 483 g/mol. The van der Waals surface area contributed by atoms with Gasteiger partial charge in [0.05, 0.1) is 33.9 Å². The molecule has 8 nitrogen and oxygen atoms in total. The molecule has 2 amide bonds. The van der Waals surface area contributed by atoms with Crippen LogP contribution >= 0.6 is 27.5 Å². The zero-order valence-electron chi connectivity index (χ0n) is 17.1. The van der Waals surface area contributed by atoms with Crippen LogP contribution in [0.15, 0.2) is 10.7 Å². The first-order valence-electron chi connectivity index (χ1n) is 9.34. The van der Waals surface area contributed by atoms with Crippen molar-refractivity contribution in [3.05, 3.63) is 27.1 Å². The van der Waals surface area contributed by atoms with Gasteiger partial charge in [-0.15, -0.1) is 0 Å². The highest BCUT2D eigenvalue weighted by atomic mass is 79.9. The maximum absolute atomic E-state index is 15.1. The lowest BCUT2D eigenvalue weighted by Crippen LogP contribution is -2.58. The predicted octanol–water partition coefficient (Wildman–Crippen LogP) is 3.18. The van der Waals surface area contributed by atoms with Gasteiger partial charge >= 0.3 is 6.09 Å². The van der Waals surface area contributed by atoms with E-state index in [4.69, 9.17) is 16.3 Å². The van der Waals surface area contributed by atoms with Crippen molar-refractivity contribution in [1.29, 1.82) is 0 Å². The van der Waals surface area contributed by atoms with E-state index in [0.29, 0.717) is 15.4 Å². The highest BCUT2D eigenvalue weighted by molar-refractivity contribution is 9.10. The van der Waals surface area contributed by atoms with Crippen LogP contribution < -0.4 is 0 Å². The number of carbonyl (C=O) groups excluding carboxylic acids is 2. The minimum absolute atomic E-state index is 0.0670. The van der Waals surface area contributed by atoms with Gasteiger partial charge in [-0.1, -0.05) is 11.6 Å². The number of piperazine rings is 1. The highest BCUT2D eigenvalue weighted by Crippen LogP contribution is 2.37. The fourth-order valence-corrected chi connectivity index (χ4v) is 4.09. The lowest BCUT2D eigenvalue weighted by Gasteiger charge is -2.41. The normalized spacial score (nSPS) is 17.5. The molecule has 0 saturated carbocycles. The van der Waals surface area contributed by atoms with Gasteiger partial charge in [-0.25, -0.2) is 9.18 Å². The Morgan fingerprint density at radius 3 is 2.67 bits per heavy atom. The monoisotopic (exact) mass is 504 g/mol. The number of halogens is 3. The first kappa shape index (κ1) is 22.8. The zero-order valence-corrected chi connectivity index (χ0v) is 19.4. The molecule has 1 aromatic carbocycles. The molecule has 1 aromatic heterocycles. The third-order valence-corrected chi connectivity index (χ3v) is 6.24. The van der Waals surface area contributed by atoms with Gasteiger partial charge in [0.2, 0.25) is 0 Å². The van der Waals surface area contributed by atoms with E-state index >= 15 is 4.39 Å². The Kier molecular flexibility index (Phi) is 6.31. The van der Waals surface area contributed by atoms with Crippen LogP contribution in [0.2, 0.25) is 5.02 Å². The van der Waals surface area contributed by atoms with Crippen LogP contribution in [0.4, 0.5) is 9.18 Å². The Balaban J connectivity index is 1.93. The molecule has 1 saturated heterocycles. The summed E-state index contributed by atoms with van der Waals surface area (Å²) in [4.78, 5) is 28.5. The number of aryl methyl sites for hydroxylation is 1. The highest BCUT2D eigenvalue weighted by Gasteiger charge is 2.37. The second-order valence-corrected chi connectivity index (χ2v) is 9.28. The van der Waals surface area contributed by atoms with Crippen molar-refractivity contribution in [2.45, 2.75) is 32.4 Å². The quantitative estimate of drug-likeness (QED) is 0.634. The summed E-state index contributed by atoms with van der Waals surface area (Å²) in [7, 11) is 1.60. The molecule has 0 bridgehead atoms. The maximum atomic E-state index is 15.1. The molecule has 0 unspecified atom stereocenters. The molecule has 1 N–H and O–H groups in total. The van der Waals surface area contributed by atoms with Crippen LogP contribution in [0.5, 0.6) is 0 Å². The van der Waals surface area contributed by atoms with E-state index < -0.39 is 36.1 Å². The fourth-order valence-electron chi connectivity index (χ4n) is 3.43. The average Bonchev–Trinajstić information content (AvgIpc) is 3.05. The number of hydrogen-bond donors (Lipinski definition) is 1. The molecular formula is C19H23BrClFN4O4. The van der Waals surface area contributed by atoms with E-state index in [-0.39, 0.29) is 30.2 Å². The van der Waals surface area contributed by atoms with E-state index in [1.807, 2.05) is 0 Å². The second kappa shape index (κ2) is 8.32. The van der Waals surface area contributed by atoms with Gasteiger partial charge in [-0.3, -0.25) is 9.48 Å². The van der Waals surface area contributed by atoms with E-state index in [1.54, 1.807) is 27.8 Å². The summed E-state index contributed by atoms with van der Waals surface area (Å²) in [6, 6.07) is -0.719. The minimum atomic E-state index is -0.865. The number of carbonyl (C=O) groups is 2. The van der Waals surface area contributed by atoms with E-state index in [1.165, 1.54) is 20.7 Å². The molecule has 1 atom stereocenters. The molecule has 3 rings (SSSR count). The number of aliphatic hydroxyl groups excluding tert-OH is 1. The van der Waals surface area contributed by atoms with E-state index in [0.717, 1.165) is 0 Å². The third-order valence-electron chi connectivity index (χ3n) is 4.84. The van der Waals surface area contributed by atoms with Crippen molar-refractivity contribution >= 4 is 50.4 Å². The summed E-state index contributed by atoms with van der Waals surface area (Å²) >= 11 is 9.35. The first-order chi connectivity index (χ1) is 14.0. The van der Waals surface area contributed by atoms with Crippen LogP contribution in [-0.4, -0.2) is 74.6 Å². The summed E-state index contributed by atoms with van der Waals surface area (Å²) in [6.45, 7) is 5.24. The number of hydrogen-bond acceptors (Lipinski definition) is 5. The number of fused-ring (bicyclic) bond motifs is 1. The first-order valence-corrected chi connectivity index (χ1v) is 10.5. The van der Waals surface area contributed by atoms with E-state index in [2.05, 4.69) is 21.0 Å². The van der Waals surface area contributed by atoms with Gasteiger partial charge in [0.25, 0.3) is 5.91 Å². The molecule has 1 fully saturated rings. The van der Waals surface area contributed by atoms with Gasteiger partial charge in [0.15, 0.2) is 5.82 Å². The van der Waals surface area contributed by atoms with Gasteiger partial charge in [0.1, 0.15) is 11.2 Å². The number of aliphatic hydroxyl groups is 1. The van der Waals surface area contributed by atoms with Crippen LogP contribution in [0.1, 0.15) is 31.1 Å². The topological polar surface area (TPSA) is 87.9 Å². The summed E-state index contributed by atoms with van der Waals surface area (Å²) < 4.78 is 22.2. The van der Waals surface area contributed by atoms with Crippen LogP contribution in [-0.2, 0) is 11.8 Å². The van der Waals surface area contributed by atoms with Crippen molar-refractivity contribution in [2.24, 2.45) is 7.05 Å². The zero-order chi connectivity index (χ0) is 22.4. The summed E-state index contributed by atoms with van der Waals surface area (Å²) in [5.74, 6) is -1.49. The number of nitrogens with zero attached hydrogens (tertiary/aromatic N) is 4. The Bertz CT molecular complexity index is 1010. The molecule has 0 aliphatic carbocycles. The van der Waals surface area contributed by atoms with Crippen molar-refractivity contribution in [1.82, 2.24) is 19.6 Å². The molecule has 30 heavy (non-hydrogen) atoms. The van der Waals surface area contributed by atoms with Crippen LogP contribution in [0, 0.1) is 5.82 Å². The minimum Gasteiger partial charge on any atom is -0.444 e. The Hall–Kier alpha value is -1.91. The SMILES string of the molecule is Cn1ncc2c(Br)c(Cl)c(F)c(C(=O)N3CCN(C(=O)OC(C)(C)C)C[C@@H]3CO)c21. The number of aromatic nitrogens is 2. The number of amides is 2. The number of ether oxygens (including phenoxy) is 1. The molecule has 1 aliphatic rings. The smallest absolute Gasteiger partial charge is 0.410 e. The Morgan fingerprint density at radius 1 is 1.40 bits per heavy atom. The average molecular weight is 506 g/mol. The second-order valence-electron chi connectivity index (χ2n) is 8.11. The Labute approximate surface area is 186 Å². The third kappa shape index (κ3) is 4.13. The standard InChI is InChI=1S/C19H23BrClFN4O4/c1-19(2,3)30-18(29)25-5-6-26(10(8-25)9-27)17(28)12-15(22)14(21)13(20)11-7-23-24(4)16(11)12/h7,10,27H,5-6,8-9H2,1-4H3/t10-/m1/s1. The van der Waals surface area contributed by atoms with E-state index in [9.17, 15) is 14.7 Å². The molecule has 0 radical (unpaired) electrons. The van der Waals surface area contributed by atoms with Gasteiger partial charge < -0.3 is 19.6 Å². The van der Waals surface area contributed by atoms with Crippen molar-refractivity contribution < 1.29 is 23.8 Å². The van der Waals surface area contributed by atoms with Crippen molar-refractivity contribution in [3.63, 3.8) is 0 Å². The molecule has 0 spiro atoms. The lowest BCUT2D eigenvalue weighted by molar-refractivity contribution is -0.00251. The summed E-state index contributed by atoms with van der Waals surface area (Å²) in [5, 5.41) is 14.3. The molecule has 2 heterocycles. The maximum Gasteiger partial charge on any atom is 0.410 e. The lowest BCUT2D eigenvalue weighted by atomic mass is 10.1. The summed E-state index contributed by atoms with van der Waals surface area (Å²) in [6.07, 6.45) is 0.964. The summed E-state index contributed by atoms with van der Waals surface area (Å²) in [5.41, 5.74) is -0.594. The van der Waals surface area contributed by atoms with Crippen LogP contribution in [0.25, 0.3) is 10.9 Å². The largest absolute Gasteiger partial charge is 0.444 e.